The van der Waals surface area contributed by atoms with Crippen LogP contribution in [0.25, 0.3) is 0 Å². The van der Waals surface area contributed by atoms with E-state index in [4.69, 9.17) is 4.42 Å². The minimum absolute atomic E-state index is 0.0382. The molecule has 0 bridgehead atoms. The third-order valence-electron chi connectivity index (χ3n) is 3.69. The summed E-state index contributed by atoms with van der Waals surface area (Å²) in [6, 6.07) is 23.5. The summed E-state index contributed by atoms with van der Waals surface area (Å²) in [7, 11) is 0. The maximum atomic E-state index is 6.27. The van der Waals surface area contributed by atoms with Gasteiger partial charge in [0, 0.05) is 0 Å². The first-order chi connectivity index (χ1) is 11.0. The standard InChI is InChI=1S/C21H22OSe/c1-21(2,3)20-15-19(23-17-12-8-5-9-13-17)18(22-20)14-16-10-6-4-7-11-16/h4-13,15H,14H2,1-3H3. The Bertz CT molecular complexity index is 693. The van der Waals surface area contributed by atoms with Crippen molar-refractivity contribution in [3.05, 3.63) is 83.8 Å². The SMILES string of the molecule is CC(C)(C)c1cc([Se]c2ccccc2)c(Cc2ccccc2)o1. The zero-order chi connectivity index (χ0) is 16.3. The van der Waals surface area contributed by atoms with Crippen LogP contribution in [0.3, 0.4) is 0 Å². The number of hydrogen-bond acceptors (Lipinski definition) is 1. The average molecular weight is 369 g/mol. The molecule has 0 fully saturated rings. The van der Waals surface area contributed by atoms with E-state index in [2.05, 4.69) is 87.5 Å². The molecule has 0 radical (unpaired) electrons. The van der Waals surface area contributed by atoms with Gasteiger partial charge in [0.25, 0.3) is 0 Å². The summed E-state index contributed by atoms with van der Waals surface area (Å²) in [5.41, 5.74) is 1.34. The first kappa shape index (κ1) is 16.1. The summed E-state index contributed by atoms with van der Waals surface area (Å²) in [6.07, 6.45) is 0.862. The zero-order valence-electron chi connectivity index (χ0n) is 13.9. The number of hydrogen-bond donors (Lipinski definition) is 0. The predicted octanol–water partition coefficient (Wildman–Crippen LogP) is 3.82. The molecule has 3 aromatic rings. The Morgan fingerprint density at radius 3 is 2.09 bits per heavy atom. The summed E-state index contributed by atoms with van der Waals surface area (Å²) >= 11 is 0.276. The molecule has 0 N–H and O–H groups in total. The van der Waals surface area contributed by atoms with Gasteiger partial charge in [0.1, 0.15) is 0 Å². The van der Waals surface area contributed by atoms with Gasteiger partial charge >= 0.3 is 145 Å². The van der Waals surface area contributed by atoms with E-state index < -0.39 is 0 Å². The van der Waals surface area contributed by atoms with Crippen LogP contribution in [0.4, 0.5) is 0 Å². The fraction of sp³-hybridized carbons (Fsp3) is 0.238. The van der Waals surface area contributed by atoms with E-state index in [1.165, 1.54) is 14.5 Å². The monoisotopic (exact) mass is 370 g/mol. The van der Waals surface area contributed by atoms with Gasteiger partial charge in [-0.05, 0) is 0 Å². The van der Waals surface area contributed by atoms with Crippen LogP contribution in [-0.2, 0) is 11.8 Å². The number of furan rings is 1. The minimum atomic E-state index is 0.0382. The van der Waals surface area contributed by atoms with E-state index in [0.29, 0.717) is 0 Å². The molecule has 2 aromatic carbocycles. The maximum absolute atomic E-state index is 6.27. The van der Waals surface area contributed by atoms with Crippen molar-refractivity contribution in [2.75, 3.05) is 0 Å². The van der Waals surface area contributed by atoms with Crippen molar-refractivity contribution in [2.24, 2.45) is 0 Å². The molecule has 0 aliphatic carbocycles. The van der Waals surface area contributed by atoms with Crippen molar-refractivity contribution in [3.8, 4) is 0 Å². The van der Waals surface area contributed by atoms with Gasteiger partial charge in [-0.15, -0.1) is 0 Å². The van der Waals surface area contributed by atoms with Gasteiger partial charge in [0.2, 0.25) is 0 Å². The third kappa shape index (κ3) is 4.16. The Morgan fingerprint density at radius 2 is 1.48 bits per heavy atom. The molecule has 0 saturated carbocycles. The van der Waals surface area contributed by atoms with E-state index in [-0.39, 0.29) is 20.4 Å². The Hall–Kier alpha value is -1.76. The van der Waals surface area contributed by atoms with Crippen molar-refractivity contribution in [1.82, 2.24) is 0 Å². The van der Waals surface area contributed by atoms with Crippen LogP contribution < -0.4 is 8.92 Å². The summed E-state index contributed by atoms with van der Waals surface area (Å²) in [5, 5.41) is 0. The summed E-state index contributed by atoms with van der Waals surface area (Å²) in [6.45, 7) is 6.62. The normalized spacial score (nSPS) is 11.6. The molecule has 0 aliphatic rings. The second-order valence-corrected chi connectivity index (χ2v) is 9.07. The van der Waals surface area contributed by atoms with Crippen LogP contribution in [0.2, 0.25) is 0 Å². The van der Waals surface area contributed by atoms with Gasteiger partial charge in [0.05, 0.1) is 0 Å². The van der Waals surface area contributed by atoms with Crippen LogP contribution in [0.5, 0.6) is 0 Å². The van der Waals surface area contributed by atoms with Crippen LogP contribution >= 0.6 is 0 Å². The topological polar surface area (TPSA) is 13.1 Å². The van der Waals surface area contributed by atoms with E-state index in [1.807, 2.05) is 0 Å². The quantitative estimate of drug-likeness (QED) is 0.638. The van der Waals surface area contributed by atoms with Crippen molar-refractivity contribution in [3.63, 3.8) is 0 Å². The second-order valence-electron chi connectivity index (χ2n) is 6.73. The molecule has 0 atom stereocenters. The van der Waals surface area contributed by atoms with Crippen LogP contribution in [0.15, 0.2) is 71.1 Å². The van der Waals surface area contributed by atoms with E-state index in [1.54, 1.807) is 0 Å². The molecule has 2 heteroatoms. The zero-order valence-corrected chi connectivity index (χ0v) is 15.6. The molecule has 1 aromatic heterocycles. The van der Waals surface area contributed by atoms with Crippen molar-refractivity contribution < 1.29 is 4.42 Å². The van der Waals surface area contributed by atoms with E-state index >= 15 is 0 Å². The predicted molar refractivity (Wildman–Crippen MR) is 98.1 cm³/mol. The Kier molecular flexibility index (Phi) is 4.75. The Morgan fingerprint density at radius 1 is 0.870 bits per heavy atom. The Labute approximate surface area is 144 Å². The average Bonchev–Trinajstić information content (AvgIpc) is 2.92. The first-order valence-corrected chi connectivity index (χ1v) is 9.64. The number of rotatable bonds is 4. The molecule has 0 unspecified atom stereocenters. The van der Waals surface area contributed by atoms with Gasteiger partial charge < -0.3 is 0 Å². The van der Waals surface area contributed by atoms with Crippen LogP contribution in [0, 0.1) is 0 Å². The fourth-order valence-corrected chi connectivity index (χ4v) is 4.36. The molecule has 0 spiro atoms. The molecule has 0 amide bonds. The van der Waals surface area contributed by atoms with E-state index in [9.17, 15) is 0 Å². The van der Waals surface area contributed by atoms with Gasteiger partial charge in [-0.2, -0.15) is 0 Å². The molecule has 118 valence electrons. The van der Waals surface area contributed by atoms with Crippen LogP contribution in [0.1, 0.15) is 37.9 Å². The number of benzene rings is 2. The molecule has 3 rings (SSSR count). The van der Waals surface area contributed by atoms with E-state index in [0.717, 1.165) is 17.9 Å². The molecule has 0 aliphatic heterocycles. The van der Waals surface area contributed by atoms with Crippen LogP contribution in [-0.4, -0.2) is 15.0 Å². The summed E-state index contributed by atoms with van der Waals surface area (Å²) < 4.78 is 9.01. The van der Waals surface area contributed by atoms with Gasteiger partial charge in [-0.1, -0.05) is 0 Å². The molecular weight excluding hydrogens is 347 g/mol. The fourth-order valence-electron chi connectivity index (χ4n) is 2.39. The summed E-state index contributed by atoms with van der Waals surface area (Å²) in [5.74, 6) is 2.20. The molecule has 23 heavy (non-hydrogen) atoms. The van der Waals surface area contributed by atoms with Gasteiger partial charge in [-0.3, -0.25) is 0 Å². The Balaban J connectivity index is 1.94. The van der Waals surface area contributed by atoms with Gasteiger partial charge in [0.15, 0.2) is 0 Å². The summed E-state index contributed by atoms with van der Waals surface area (Å²) in [4.78, 5) is 0. The van der Waals surface area contributed by atoms with Crippen molar-refractivity contribution in [1.29, 1.82) is 0 Å². The van der Waals surface area contributed by atoms with Crippen molar-refractivity contribution >= 4 is 23.9 Å². The molecular formula is C21H22OSe. The second kappa shape index (κ2) is 6.78. The van der Waals surface area contributed by atoms with Gasteiger partial charge in [-0.25, -0.2) is 0 Å². The molecule has 0 saturated heterocycles. The third-order valence-corrected chi connectivity index (χ3v) is 5.94. The first-order valence-electron chi connectivity index (χ1n) is 7.92. The molecule has 1 nitrogen and oxygen atoms in total. The molecule has 1 heterocycles. The van der Waals surface area contributed by atoms with Crippen molar-refractivity contribution in [2.45, 2.75) is 32.6 Å².